The van der Waals surface area contributed by atoms with Crippen LogP contribution in [0.5, 0.6) is 0 Å². The maximum Gasteiger partial charge on any atom is 0.270 e. The standard InChI is InChI=1S/C12H17ClN2O/c1-4-12(3,8-13)15-11(16)10-7-5-6-9(2)14-10/h5-7H,4,8H2,1-3H3,(H,15,16). The Bertz CT molecular complexity index is 375. The first-order valence-electron chi connectivity index (χ1n) is 5.33. The van der Waals surface area contributed by atoms with E-state index >= 15 is 0 Å². The molecule has 1 amide bonds. The van der Waals surface area contributed by atoms with E-state index < -0.39 is 0 Å². The van der Waals surface area contributed by atoms with Crippen LogP contribution in [0.15, 0.2) is 18.2 Å². The average Bonchev–Trinajstić information content (AvgIpc) is 2.29. The maximum absolute atomic E-state index is 11.9. The largest absolute Gasteiger partial charge is 0.344 e. The number of pyridine rings is 1. The van der Waals surface area contributed by atoms with Crippen molar-refractivity contribution in [1.29, 1.82) is 0 Å². The number of rotatable bonds is 4. The van der Waals surface area contributed by atoms with E-state index in [0.29, 0.717) is 11.6 Å². The number of nitrogens with zero attached hydrogens (tertiary/aromatic N) is 1. The molecule has 1 rings (SSSR count). The fourth-order valence-electron chi connectivity index (χ4n) is 1.22. The van der Waals surface area contributed by atoms with Gasteiger partial charge in [-0.2, -0.15) is 0 Å². The van der Waals surface area contributed by atoms with Gasteiger partial charge in [-0.3, -0.25) is 4.79 Å². The van der Waals surface area contributed by atoms with E-state index in [1.807, 2.05) is 32.9 Å². The van der Waals surface area contributed by atoms with Gasteiger partial charge < -0.3 is 5.32 Å². The Kier molecular flexibility index (Phi) is 4.30. The highest BCUT2D eigenvalue weighted by Gasteiger charge is 2.24. The van der Waals surface area contributed by atoms with E-state index in [1.54, 1.807) is 6.07 Å². The van der Waals surface area contributed by atoms with Crippen molar-refractivity contribution in [3.8, 4) is 0 Å². The van der Waals surface area contributed by atoms with Gasteiger partial charge in [0, 0.05) is 11.6 Å². The summed E-state index contributed by atoms with van der Waals surface area (Å²) in [7, 11) is 0. The topological polar surface area (TPSA) is 42.0 Å². The molecule has 1 aromatic rings. The molecule has 0 aliphatic carbocycles. The third-order valence-corrected chi connectivity index (χ3v) is 3.20. The quantitative estimate of drug-likeness (QED) is 0.822. The highest BCUT2D eigenvalue weighted by molar-refractivity contribution is 6.18. The minimum absolute atomic E-state index is 0.172. The van der Waals surface area contributed by atoms with Crippen molar-refractivity contribution in [3.05, 3.63) is 29.6 Å². The summed E-state index contributed by atoms with van der Waals surface area (Å²) in [4.78, 5) is 16.1. The summed E-state index contributed by atoms with van der Waals surface area (Å²) in [5.41, 5.74) is 0.894. The summed E-state index contributed by atoms with van der Waals surface area (Å²) < 4.78 is 0. The number of hydrogen-bond donors (Lipinski definition) is 1. The molecule has 1 heterocycles. The molecule has 0 fully saturated rings. The Morgan fingerprint density at radius 1 is 1.56 bits per heavy atom. The first-order valence-corrected chi connectivity index (χ1v) is 5.86. The van der Waals surface area contributed by atoms with Gasteiger partial charge in [0.05, 0.1) is 5.54 Å². The first-order chi connectivity index (χ1) is 7.50. The lowest BCUT2D eigenvalue weighted by Gasteiger charge is -2.26. The second kappa shape index (κ2) is 5.30. The normalized spacial score (nSPS) is 14.2. The van der Waals surface area contributed by atoms with E-state index in [1.165, 1.54) is 0 Å². The smallest absolute Gasteiger partial charge is 0.270 e. The molecule has 0 aliphatic heterocycles. The van der Waals surface area contributed by atoms with Crippen LogP contribution in [0.2, 0.25) is 0 Å². The maximum atomic E-state index is 11.9. The average molecular weight is 241 g/mol. The summed E-state index contributed by atoms with van der Waals surface area (Å²) >= 11 is 5.84. The predicted octanol–water partition coefficient (Wildman–Crippen LogP) is 2.53. The van der Waals surface area contributed by atoms with E-state index in [2.05, 4.69) is 10.3 Å². The minimum atomic E-state index is -0.371. The van der Waals surface area contributed by atoms with Gasteiger partial charge in [-0.25, -0.2) is 4.98 Å². The van der Waals surface area contributed by atoms with E-state index in [-0.39, 0.29) is 11.4 Å². The number of alkyl halides is 1. The number of aryl methyl sites for hydroxylation is 1. The third kappa shape index (κ3) is 3.20. The van der Waals surface area contributed by atoms with Crippen molar-refractivity contribution in [2.75, 3.05) is 5.88 Å². The van der Waals surface area contributed by atoms with E-state index in [0.717, 1.165) is 12.1 Å². The summed E-state index contributed by atoms with van der Waals surface area (Å²) in [6.45, 7) is 5.78. The van der Waals surface area contributed by atoms with Crippen LogP contribution in [0.3, 0.4) is 0 Å². The molecule has 0 bridgehead atoms. The molecule has 4 heteroatoms. The molecule has 1 N–H and O–H groups in total. The molecule has 0 spiro atoms. The highest BCUT2D eigenvalue weighted by Crippen LogP contribution is 2.12. The number of halogens is 1. The molecular weight excluding hydrogens is 224 g/mol. The van der Waals surface area contributed by atoms with Crippen molar-refractivity contribution >= 4 is 17.5 Å². The van der Waals surface area contributed by atoms with E-state index in [4.69, 9.17) is 11.6 Å². The molecule has 0 aliphatic rings. The van der Waals surface area contributed by atoms with Gasteiger partial charge in [-0.1, -0.05) is 13.0 Å². The lowest BCUT2D eigenvalue weighted by molar-refractivity contribution is 0.0907. The molecule has 0 saturated carbocycles. The molecule has 0 saturated heterocycles. The molecule has 1 aromatic heterocycles. The molecule has 1 atom stereocenters. The summed E-state index contributed by atoms with van der Waals surface area (Å²) in [5, 5.41) is 2.90. The SMILES string of the molecule is CCC(C)(CCl)NC(=O)c1cccc(C)n1. The van der Waals surface area contributed by atoms with Crippen LogP contribution in [0.25, 0.3) is 0 Å². The number of carbonyl (C=O) groups is 1. The Balaban J connectivity index is 2.80. The van der Waals surface area contributed by atoms with Gasteiger partial charge in [-0.15, -0.1) is 11.6 Å². The fourth-order valence-corrected chi connectivity index (χ4v) is 1.48. The van der Waals surface area contributed by atoms with Gasteiger partial charge in [0.15, 0.2) is 0 Å². The van der Waals surface area contributed by atoms with Crippen LogP contribution in [0.1, 0.15) is 36.5 Å². The van der Waals surface area contributed by atoms with E-state index in [9.17, 15) is 4.79 Å². The molecule has 1 unspecified atom stereocenters. The number of aromatic nitrogens is 1. The Morgan fingerprint density at radius 2 is 2.25 bits per heavy atom. The van der Waals surface area contributed by atoms with Gasteiger partial charge in [0.25, 0.3) is 5.91 Å². The number of hydrogen-bond acceptors (Lipinski definition) is 2. The van der Waals surface area contributed by atoms with Crippen molar-refractivity contribution in [2.24, 2.45) is 0 Å². The summed E-state index contributed by atoms with van der Waals surface area (Å²) in [5.74, 6) is 0.217. The van der Waals surface area contributed by atoms with Crippen molar-refractivity contribution in [1.82, 2.24) is 10.3 Å². The van der Waals surface area contributed by atoms with Crippen LogP contribution in [0.4, 0.5) is 0 Å². The first kappa shape index (κ1) is 13.0. The van der Waals surface area contributed by atoms with Crippen LogP contribution in [0, 0.1) is 6.92 Å². The zero-order valence-electron chi connectivity index (χ0n) is 9.88. The molecule has 88 valence electrons. The highest BCUT2D eigenvalue weighted by atomic mass is 35.5. The van der Waals surface area contributed by atoms with Gasteiger partial charge in [-0.05, 0) is 32.4 Å². The second-order valence-electron chi connectivity index (χ2n) is 4.17. The lowest BCUT2D eigenvalue weighted by Crippen LogP contribution is -2.47. The monoisotopic (exact) mass is 240 g/mol. The Labute approximate surface area is 101 Å². The van der Waals surface area contributed by atoms with Crippen molar-refractivity contribution in [2.45, 2.75) is 32.7 Å². The Morgan fingerprint density at radius 3 is 2.75 bits per heavy atom. The van der Waals surface area contributed by atoms with Gasteiger partial charge in [0.2, 0.25) is 0 Å². The van der Waals surface area contributed by atoms with Crippen molar-refractivity contribution in [3.63, 3.8) is 0 Å². The second-order valence-corrected chi connectivity index (χ2v) is 4.43. The van der Waals surface area contributed by atoms with Crippen LogP contribution < -0.4 is 5.32 Å². The molecule has 0 radical (unpaired) electrons. The molecule has 3 nitrogen and oxygen atoms in total. The number of amides is 1. The van der Waals surface area contributed by atoms with Gasteiger partial charge in [0.1, 0.15) is 5.69 Å². The van der Waals surface area contributed by atoms with Crippen LogP contribution in [-0.4, -0.2) is 22.3 Å². The lowest BCUT2D eigenvalue weighted by atomic mass is 10.0. The number of carbonyl (C=O) groups excluding carboxylic acids is 1. The van der Waals surface area contributed by atoms with Crippen LogP contribution >= 0.6 is 11.6 Å². The fraction of sp³-hybridized carbons (Fsp3) is 0.500. The summed E-state index contributed by atoms with van der Waals surface area (Å²) in [6.07, 6.45) is 0.786. The number of nitrogens with one attached hydrogen (secondary N) is 1. The Hall–Kier alpha value is -1.09. The molecule has 16 heavy (non-hydrogen) atoms. The van der Waals surface area contributed by atoms with Crippen LogP contribution in [-0.2, 0) is 0 Å². The molecule has 0 aromatic carbocycles. The minimum Gasteiger partial charge on any atom is -0.344 e. The zero-order valence-corrected chi connectivity index (χ0v) is 10.6. The van der Waals surface area contributed by atoms with Gasteiger partial charge >= 0.3 is 0 Å². The summed E-state index contributed by atoms with van der Waals surface area (Å²) in [6, 6.07) is 5.38. The third-order valence-electron chi connectivity index (χ3n) is 2.61. The predicted molar refractivity (Wildman–Crippen MR) is 65.9 cm³/mol. The molecular formula is C12H17ClN2O. The zero-order chi connectivity index (χ0) is 12.2. The van der Waals surface area contributed by atoms with Crippen molar-refractivity contribution < 1.29 is 4.79 Å².